The molecule has 1 N–H and O–H groups in total. The first-order valence-electron chi connectivity index (χ1n) is 7.81. The average Bonchev–Trinajstić information content (AvgIpc) is 2.73. The monoisotopic (exact) mass is 260 g/mol. The van der Waals surface area contributed by atoms with Crippen LogP contribution in [0.25, 0.3) is 0 Å². The fourth-order valence-electron chi connectivity index (χ4n) is 5.53. The maximum Gasteiger partial charge on any atom is 0.0792 e. The Morgan fingerprint density at radius 1 is 1.26 bits per heavy atom. The van der Waals surface area contributed by atoms with Gasteiger partial charge in [0.1, 0.15) is 0 Å². The van der Waals surface area contributed by atoms with Crippen molar-refractivity contribution in [3.8, 4) is 0 Å². The topological polar surface area (TPSA) is 38.0 Å². The number of hydrogen-bond donors (Lipinski definition) is 1. The van der Waals surface area contributed by atoms with Crippen LogP contribution in [0.2, 0.25) is 0 Å². The molecule has 3 nitrogen and oxygen atoms in total. The fourth-order valence-corrected chi connectivity index (χ4v) is 5.53. The van der Waals surface area contributed by atoms with Crippen LogP contribution in [-0.4, -0.2) is 21.0 Å². The molecule has 4 aliphatic rings. The summed E-state index contributed by atoms with van der Waals surface area (Å²) < 4.78 is 1.98. The molecular weight excluding hydrogens is 236 g/mol. The van der Waals surface area contributed by atoms with E-state index in [0.717, 1.165) is 23.4 Å². The van der Waals surface area contributed by atoms with E-state index in [9.17, 15) is 5.11 Å². The van der Waals surface area contributed by atoms with Crippen molar-refractivity contribution in [2.75, 3.05) is 0 Å². The van der Waals surface area contributed by atoms with Crippen LogP contribution in [0.3, 0.4) is 0 Å². The van der Waals surface area contributed by atoms with E-state index in [1.54, 1.807) is 0 Å². The van der Waals surface area contributed by atoms with Gasteiger partial charge < -0.3 is 5.11 Å². The number of aryl methyl sites for hydroxylation is 1. The van der Waals surface area contributed by atoms with Crippen molar-refractivity contribution in [1.29, 1.82) is 0 Å². The van der Waals surface area contributed by atoms with E-state index in [4.69, 9.17) is 0 Å². The van der Waals surface area contributed by atoms with Crippen molar-refractivity contribution in [3.63, 3.8) is 0 Å². The van der Waals surface area contributed by atoms with E-state index in [2.05, 4.69) is 12.0 Å². The third kappa shape index (κ3) is 1.85. The molecule has 4 fully saturated rings. The fraction of sp³-hybridized carbons (Fsp3) is 0.812. The smallest absolute Gasteiger partial charge is 0.0792 e. The second-order valence-corrected chi connectivity index (χ2v) is 7.45. The van der Waals surface area contributed by atoms with Crippen molar-refractivity contribution in [1.82, 2.24) is 9.78 Å². The van der Waals surface area contributed by atoms with Crippen molar-refractivity contribution in [3.05, 3.63) is 18.0 Å². The summed E-state index contributed by atoms with van der Waals surface area (Å²) in [5.41, 5.74) is 1.37. The van der Waals surface area contributed by atoms with Gasteiger partial charge >= 0.3 is 0 Å². The van der Waals surface area contributed by atoms with Gasteiger partial charge in [-0.1, -0.05) is 0 Å². The zero-order valence-corrected chi connectivity index (χ0v) is 11.8. The Kier molecular flexibility index (Phi) is 2.57. The van der Waals surface area contributed by atoms with Crippen LogP contribution >= 0.6 is 0 Å². The third-order valence-corrected chi connectivity index (χ3v) is 6.07. The van der Waals surface area contributed by atoms with E-state index in [-0.39, 0.29) is 11.5 Å². The number of hydrogen-bond acceptors (Lipinski definition) is 2. The van der Waals surface area contributed by atoms with E-state index < -0.39 is 0 Å². The first-order valence-corrected chi connectivity index (χ1v) is 7.81. The molecule has 1 aromatic rings. The van der Waals surface area contributed by atoms with Crippen molar-refractivity contribution in [2.24, 2.45) is 23.2 Å². The lowest BCUT2D eigenvalue weighted by Crippen LogP contribution is -2.52. The lowest BCUT2D eigenvalue weighted by atomic mass is 9.48. The molecule has 0 radical (unpaired) electrons. The number of rotatable bonds is 3. The van der Waals surface area contributed by atoms with Crippen LogP contribution in [0.1, 0.15) is 44.2 Å². The molecule has 4 saturated carbocycles. The Labute approximate surface area is 115 Å². The van der Waals surface area contributed by atoms with Gasteiger partial charge in [0.2, 0.25) is 0 Å². The maximum absolute atomic E-state index is 10.8. The summed E-state index contributed by atoms with van der Waals surface area (Å²) in [5, 5.41) is 15.2. The zero-order chi connectivity index (χ0) is 13.0. The van der Waals surface area contributed by atoms with Gasteiger partial charge in [0, 0.05) is 11.9 Å². The molecule has 1 unspecified atom stereocenters. The molecule has 4 bridgehead atoms. The highest BCUT2D eigenvalue weighted by molar-refractivity contribution is 5.05. The Morgan fingerprint density at radius 2 is 1.84 bits per heavy atom. The number of nitrogens with zero attached hydrogens (tertiary/aromatic N) is 2. The van der Waals surface area contributed by atoms with Gasteiger partial charge in [0.15, 0.2) is 0 Å². The predicted molar refractivity (Wildman–Crippen MR) is 73.6 cm³/mol. The largest absolute Gasteiger partial charge is 0.391 e. The quantitative estimate of drug-likeness (QED) is 0.907. The van der Waals surface area contributed by atoms with Crippen LogP contribution in [0.15, 0.2) is 12.3 Å². The number of aromatic nitrogens is 2. The average molecular weight is 260 g/mol. The van der Waals surface area contributed by atoms with Crippen molar-refractivity contribution >= 4 is 0 Å². The lowest BCUT2D eigenvalue weighted by molar-refractivity contribution is -0.125. The molecule has 19 heavy (non-hydrogen) atoms. The molecule has 4 aliphatic carbocycles. The summed E-state index contributed by atoms with van der Waals surface area (Å²) in [6, 6.07) is 2.02. The molecule has 0 aromatic carbocycles. The summed E-state index contributed by atoms with van der Waals surface area (Å²) in [6.45, 7) is 2.75. The molecule has 0 saturated heterocycles. The van der Waals surface area contributed by atoms with Gasteiger partial charge in [-0.2, -0.15) is 5.10 Å². The second-order valence-electron chi connectivity index (χ2n) is 7.45. The minimum absolute atomic E-state index is 0.209. The lowest BCUT2D eigenvalue weighted by Gasteiger charge is -2.58. The normalized spacial score (nSPS) is 41.7. The predicted octanol–water partition coefficient (Wildman–Crippen LogP) is 2.77. The molecule has 1 aromatic heterocycles. The van der Waals surface area contributed by atoms with E-state index in [0.29, 0.717) is 6.54 Å². The minimum Gasteiger partial charge on any atom is -0.391 e. The molecule has 0 spiro atoms. The first-order chi connectivity index (χ1) is 9.14. The molecule has 104 valence electrons. The van der Waals surface area contributed by atoms with Gasteiger partial charge in [0.25, 0.3) is 0 Å². The number of aliphatic hydroxyl groups excluding tert-OH is 1. The van der Waals surface area contributed by atoms with E-state index >= 15 is 0 Å². The van der Waals surface area contributed by atoms with Gasteiger partial charge in [0.05, 0.1) is 12.6 Å². The Balaban J connectivity index is 1.56. The third-order valence-electron chi connectivity index (χ3n) is 6.07. The van der Waals surface area contributed by atoms with Crippen LogP contribution in [-0.2, 0) is 6.54 Å². The Hall–Kier alpha value is -0.830. The molecule has 1 heterocycles. The van der Waals surface area contributed by atoms with Gasteiger partial charge in [-0.3, -0.25) is 4.68 Å². The van der Waals surface area contributed by atoms with Crippen LogP contribution in [0.5, 0.6) is 0 Å². The van der Waals surface area contributed by atoms with Crippen LogP contribution in [0, 0.1) is 30.1 Å². The van der Waals surface area contributed by atoms with E-state index in [1.807, 2.05) is 16.9 Å². The van der Waals surface area contributed by atoms with Gasteiger partial charge in [-0.25, -0.2) is 0 Å². The molecular formula is C16H24N2O. The summed E-state index contributed by atoms with van der Waals surface area (Å²) in [4.78, 5) is 0. The highest BCUT2D eigenvalue weighted by Gasteiger charge is 2.53. The summed E-state index contributed by atoms with van der Waals surface area (Å²) in [6.07, 6.45) is 9.73. The summed E-state index contributed by atoms with van der Waals surface area (Å²) in [7, 11) is 0. The zero-order valence-electron chi connectivity index (χ0n) is 11.8. The Bertz CT molecular complexity index is 444. The second kappa shape index (κ2) is 4.08. The van der Waals surface area contributed by atoms with Crippen LogP contribution in [0.4, 0.5) is 0 Å². The van der Waals surface area contributed by atoms with Gasteiger partial charge in [-0.15, -0.1) is 0 Å². The highest BCUT2D eigenvalue weighted by atomic mass is 16.3. The number of aliphatic hydroxyl groups is 1. The molecule has 0 aliphatic heterocycles. The highest BCUT2D eigenvalue weighted by Crippen LogP contribution is 2.61. The van der Waals surface area contributed by atoms with Crippen molar-refractivity contribution in [2.45, 2.75) is 58.1 Å². The van der Waals surface area contributed by atoms with Gasteiger partial charge in [-0.05, 0) is 74.7 Å². The first kappa shape index (κ1) is 12.0. The molecule has 3 heteroatoms. The Morgan fingerprint density at radius 3 is 2.32 bits per heavy atom. The summed E-state index contributed by atoms with van der Waals surface area (Å²) in [5.74, 6) is 2.71. The maximum atomic E-state index is 10.8. The SMILES string of the molecule is Cc1ccnn1CC(O)C12CC3CC(CC(C3)C1)C2. The van der Waals surface area contributed by atoms with E-state index in [1.165, 1.54) is 38.5 Å². The summed E-state index contributed by atoms with van der Waals surface area (Å²) >= 11 is 0. The molecule has 5 rings (SSSR count). The van der Waals surface area contributed by atoms with Crippen LogP contribution < -0.4 is 0 Å². The molecule has 0 amide bonds. The minimum atomic E-state index is -0.209. The molecule has 1 atom stereocenters. The van der Waals surface area contributed by atoms with Crippen molar-refractivity contribution < 1.29 is 5.11 Å². The standard InChI is InChI=1S/C16H24N2O/c1-11-2-3-17-18(11)10-15(19)16-7-12-4-13(8-16)6-14(5-12)9-16/h2-3,12-15,19H,4-10H2,1H3.